The first kappa shape index (κ1) is 17.0. The largest absolute Gasteiger partial charge is 0.338 e. The van der Waals surface area contributed by atoms with Gasteiger partial charge in [-0.3, -0.25) is 0 Å². The Bertz CT molecular complexity index is 758. The van der Waals surface area contributed by atoms with Gasteiger partial charge in [-0.2, -0.15) is 0 Å². The molecule has 0 aliphatic heterocycles. The zero-order valence-electron chi connectivity index (χ0n) is 13.0. The van der Waals surface area contributed by atoms with Crippen LogP contribution in [0.5, 0.6) is 0 Å². The summed E-state index contributed by atoms with van der Waals surface area (Å²) in [6.07, 6.45) is 1.58. The van der Waals surface area contributed by atoms with Gasteiger partial charge in [-0.1, -0.05) is 48.5 Å². The summed E-state index contributed by atoms with van der Waals surface area (Å²) in [5.74, 6) is 0.0634. The third-order valence-corrected chi connectivity index (χ3v) is 4.27. The van der Waals surface area contributed by atoms with Crippen LogP contribution in [0, 0.1) is 0 Å². The van der Waals surface area contributed by atoms with Crippen molar-refractivity contribution >= 4 is 21.6 Å². The normalized spacial score (nSPS) is 11.0. The van der Waals surface area contributed by atoms with Gasteiger partial charge in [-0.05, 0) is 18.1 Å². The number of anilines is 1. The summed E-state index contributed by atoms with van der Waals surface area (Å²) < 4.78 is 22.1. The number of nitrogens with one attached hydrogen (secondary N) is 2. The molecule has 0 heterocycles. The first-order chi connectivity index (χ1) is 11.0. The number of rotatable bonds is 6. The molecule has 0 aromatic heterocycles. The van der Waals surface area contributed by atoms with E-state index >= 15 is 0 Å². The molecule has 0 saturated heterocycles. The van der Waals surface area contributed by atoms with Crippen LogP contribution in [0.3, 0.4) is 0 Å². The van der Waals surface area contributed by atoms with Crippen LogP contribution in [0.15, 0.2) is 54.6 Å². The van der Waals surface area contributed by atoms with Crippen molar-refractivity contribution < 1.29 is 13.2 Å². The molecule has 0 aliphatic carbocycles. The number of benzene rings is 2. The predicted octanol–water partition coefficient (Wildman–Crippen LogP) is 2.91. The van der Waals surface area contributed by atoms with Crippen LogP contribution >= 0.6 is 0 Å². The number of urea groups is 1. The Morgan fingerprint density at radius 1 is 1.00 bits per heavy atom. The van der Waals surface area contributed by atoms with Gasteiger partial charge < -0.3 is 10.6 Å². The average molecular weight is 332 g/mol. The maximum absolute atomic E-state index is 11.9. The van der Waals surface area contributed by atoms with Crippen LogP contribution in [0.1, 0.15) is 6.42 Å². The molecule has 23 heavy (non-hydrogen) atoms. The van der Waals surface area contributed by atoms with Crippen LogP contribution in [0.2, 0.25) is 0 Å². The molecule has 0 fully saturated rings. The fourth-order valence-corrected chi connectivity index (χ4v) is 2.83. The lowest BCUT2D eigenvalue weighted by atomic mass is 10.0. The van der Waals surface area contributed by atoms with Crippen molar-refractivity contribution in [2.24, 2.45) is 0 Å². The van der Waals surface area contributed by atoms with E-state index < -0.39 is 9.84 Å². The van der Waals surface area contributed by atoms with E-state index in [-0.39, 0.29) is 11.8 Å². The summed E-state index contributed by atoms with van der Waals surface area (Å²) in [6.45, 7) is 0.312. The number of hydrogen-bond acceptors (Lipinski definition) is 3. The first-order valence-electron chi connectivity index (χ1n) is 7.33. The zero-order valence-corrected chi connectivity index (χ0v) is 13.8. The number of hydrogen-bond donors (Lipinski definition) is 2. The molecule has 2 N–H and O–H groups in total. The van der Waals surface area contributed by atoms with E-state index in [2.05, 4.69) is 10.6 Å². The Morgan fingerprint density at radius 3 is 2.35 bits per heavy atom. The number of carbonyl (C=O) groups excluding carboxylic acids is 1. The van der Waals surface area contributed by atoms with Gasteiger partial charge in [0.05, 0.1) is 11.4 Å². The molecule has 0 atom stereocenters. The second-order valence-electron chi connectivity index (χ2n) is 5.28. The molecule has 0 spiro atoms. The topological polar surface area (TPSA) is 75.3 Å². The quantitative estimate of drug-likeness (QED) is 0.799. The molecule has 0 unspecified atom stereocenters. The molecule has 2 amide bonds. The second-order valence-corrected chi connectivity index (χ2v) is 7.54. The van der Waals surface area contributed by atoms with E-state index in [0.29, 0.717) is 18.7 Å². The van der Waals surface area contributed by atoms with Gasteiger partial charge in [0.2, 0.25) is 0 Å². The van der Waals surface area contributed by atoms with Gasteiger partial charge in [0.1, 0.15) is 9.84 Å². The number of sulfone groups is 1. The summed E-state index contributed by atoms with van der Waals surface area (Å²) >= 11 is 0. The molecule has 0 aliphatic rings. The SMILES string of the molecule is CS(=O)(=O)CCCNC(=O)Nc1ccccc1-c1ccccc1. The van der Waals surface area contributed by atoms with Crippen molar-refractivity contribution in [2.45, 2.75) is 6.42 Å². The molecule has 122 valence electrons. The van der Waals surface area contributed by atoms with Gasteiger partial charge in [-0.25, -0.2) is 13.2 Å². The third-order valence-electron chi connectivity index (χ3n) is 3.24. The van der Waals surface area contributed by atoms with Crippen molar-refractivity contribution in [1.29, 1.82) is 0 Å². The van der Waals surface area contributed by atoms with Gasteiger partial charge >= 0.3 is 6.03 Å². The minimum atomic E-state index is -3.00. The summed E-state index contributed by atoms with van der Waals surface area (Å²) in [6, 6.07) is 17.0. The summed E-state index contributed by atoms with van der Waals surface area (Å²) in [5, 5.41) is 5.48. The molecular weight excluding hydrogens is 312 g/mol. The van der Waals surface area contributed by atoms with E-state index in [4.69, 9.17) is 0 Å². The maximum Gasteiger partial charge on any atom is 0.319 e. The van der Waals surface area contributed by atoms with Gasteiger partial charge in [-0.15, -0.1) is 0 Å². The first-order valence-corrected chi connectivity index (χ1v) is 9.39. The smallest absolute Gasteiger partial charge is 0.319 e. The highest BCUT2D eigenvalue weighted by atomic mass is 32.2. The van der Waals surface area contributed by atoms with E-state index in [1.165, 1.54) is 6.26 Å². The Hall–Kier alpha value is -2.34. The fraction of sp³-hybridized carbons (Fsp3) is 0.235. The lowest BCUT2D eigenvalue weighted by molar-refractivity contribution is 0.252. The lowest BCUT2D eigenvalue weighted by Gasteiger charge is -2.12. The Balaban J connectivity index is 1.97. The second kappa shape index (κ2) is 7.78. The molecule has 6 heteroatoms. The van der Waals surface area contributed by atoms with E-state index in [9.17, 15) is 13.2 Å². The van der Waals surface area contributed by atoms with Crippen molar-refractivity contribution in [1.82, 2.24) is 5.32 Å². The molecule has 0 saturated carbocycles. The van der Waals surface area contributed by atoms with Crippen molar-refractivity contribution in [3.8, 4) is 11.1 Å². The summed E-state index contributed by atoms with van der Waals surface area (Å²) in [5.41, 5.74) is 2.65. The molecule has 2 rings (SSSR count). The Labute approximate surface area is 136 Å². The van der Waals surface area contributed by atoms with E-state index in [1.807, 2.05) is 54.6 Å². The number of amides is 2. The number of carbonyl (C=O) groups is 1. The minimum Gasteiger partial charge on any atom is -0.338 e. The maximum atomic E-state index is 11.9. The third kappa shape index (κ3) is 5.75. The highest BCUT2D eigenvalue weighted by Crippen LogP contribution is 2.27. The highest BCUT2D eigenvalue weighted by Gasteiger charge is 2.08. The Kier molecular flexibility index (Phi) is 5.76. The molecule has 0 radical (unpaired) electrons. The van der Waals surface area contributed by atoms with Crippen LogP contribution < -0.4 is 10.6 Å². The fourth-order valence-electron chi connectivity index (χ4n) is 2.16. The van der Waals surface area contributed by atoms with Crippen LogP contribution in [0.25, 0.3) is 11.1 Å². The minimum absolute atomic E-state index is 0.0634. The molecular formula is C17H20N2O3S. The standard InChI is InChI=1S/C17H20N2O3S/c1-23(21,22)13-7-12-18-17(20)19-16-11-6-5-10-15(16)14-8-3-2-4-9-14/h2-6,8-11H,7,12-13H2,1H3,(H2,18,19,20). The Morgan fingerprint density at radius 2 is 1.65 bits per heavy atom. The van der Waals surface area contributed by atoms with Crippen molar-refractivity contribution in [3.05, 3.63) is 54.6 Å². The molecule has 5 nitrogen and oxygen atoms in total. The lowest BCUT2D eigenvalue weighted by Crippen LogP contribution is -2.30. The monoisotopic (exact) mass is 332 g/mol. The van der Waals surface area contributed by atoms with Crippen LogP contribution in [0.4, 0.5) is 10.5 Å². The number of para-hydroxylation sites is 1. The van der Waals surface area contributed by atoms with Gasteiger partial charge in [0.15, 0.2) is 0 Å². The molecule has 2 aromatic carbocycles. The van der Waals surface area contributed by atoms with Gasteiger partial charge in [0.25, 0.3) is 0 Å². The van der Waals surface area contributed by atoms with Crippen molar-refractivity contribution in [3.63, 3.8) is 0 Å². The van der Waals surface area contributed by atoms with E-state index in [1.54, 1.807) is 0 Å². The van der Waals surface area contributed by atoms with Crippen LogP contribution in [-0.2, 0) is 9.84 Å². The van der Waals surface area contributed by atoms with Gasteiger partial charge in [0, 0.05) is 18.4 Å². The van der Waals surface area contributed by atoms with Crippen molar-refractivity contribution in [2.75, 3.05) is 23.9 Å². The predicted molar refractivity (Wildman–Crippen MR) is 93.2 cm³/mol. The molecule has 0 bridgehead atoms. The zero-order chi connectivity index (χ0) is 16.7. The van der Waals surface area contributed by atoms with Crippen LogP contribution in [-0.4, -0.2) is 33.0 Å². The highest BCUT2D eigenvalue weighted by molar-refractivity contribution is 7.90. The molecule has 2 aromatic rings. The summed E-state index contributed by atoms with van der Waals surface area (Å²) in [7, 11) is -3.00. The average Bonchev–Trinajstić information content (AvgIpc) is 2.52. The van der Waals surface area contributed by atoms with E-state index in [0.717, 1.165) is 11.1 Å². The summed E-state index contributed by atoms with van der Waals surface area (Å²) in [4.78, 5) is 11.9.